The van der Waals surface area contributed by atoms with Gasteiger partial charge in [-0.25, -0.2) is 8.42 Å². The van der Waals surface area contributed by atoms with Gasteiger partial charge in [0.05, 0.1) is 0 Å². The average Bonchev–Trinajstić information content (AvgIpc) is 2.32. The van der Waals surface area contributed by atoms with Crippen LogP contribution in [0.2, 0.25) is 0 Å². The van der Waals surface area contributed by atoms with Crippen LogP contribution in [0.5, 0.6) is 0 Å². The number of aliphatic carboxylic acids is 1. The fourth-order valence-corrected chi connectivity index (χ4v) is 3.68. The van der Waals surface area contributed by atoms with E-state index >= 15 is 0 Å². The normalized spacial score (nSPS) is 11.5. The minimum Gasteiger partial charge on any atom is -0.480 e. The highest BCUT2D eigenvalue weighted by Crippen LogP contribution is 2.24. The summed E-state index contributed by atoms with van der Waals surface area (Å²) in [5.41, 5.74) is 0. The number of carbonyl (C=O) groups is 1. The van der Waals surface area contributed by atoms with Crippen molar-refractivity contribution in [2.24, 2.45) is 0 Å². The molecule has 1 aromatic rings. The molecule has 0 saturated carbocycles. The van der Waals surface area contributed by atoms with E-state index in [1.165, 1.54) is 6.07 Å². The lowest BCUT2D eigenvalue weighted by molar-refractivity contribution is -0.134. The van der Waals surface area contributed by atoms with Gasteiger partial charge in [-0.3, -0.25) is 4.79 Å². The monoisotopic (exact) mass is 284 g/mol. The van der Waals surface area contributed by atoms with E-state index in [0.717, 1.165) is 11.3 Å². The van der Waals surface area contributed by atoms with Gasteiger partial charge in [-0.2, -0.15) is 0 Å². The molecule has 1 aromatic heterocycles. The first-order valence-electron chi connectivity index (χ1n) is 3.10. The van der Waals surface area contributed by atoms with Crippen LogP contribution in [0.15, 0.2) is 20.1 Å². The average molecular weight is 285 g/mol. The first-order chi connectivity index (χ1) is 5.92. The molecule has 1 N–H and O–H groups in total. The van der Waals surface area contributed by atoms with Gasteiger partial charge in [-0.1, -0.05) is 0 Å². The highest BCUT2D eigenvalue weighted by Gasteiger charge is 2.20. The molecule has 0 aromatic carbocycles. The van der Waals surface area contributed by atoms with Crippen LogP contribution in [0.3, 0.4) is 0 Å². The van der Waals surface area contributed by atoms with Gasteiger partial charge < -0.3 is 5.11 Å². The highest BCUT2D eigenvalue weighted by atomic mass is 79.9. The maximum Gasteiger partial charge on any atom is 0.319 e. The fourth-order valence-electron chi connectivity index (χ4n) is 0.692. The number of rotatable bonds is 3. The summed E-state index contributed by atoms with van der Waals surface area (Å²) in [6.45, 7) is 0. The Hall–Kier alpha value is -0.400. The molecule has 0 aliphatic carbocycles. The molecule has 72 valence electrons. The van der Waals surface area contributed by atoms with Crippen LogP contribution >= 0.6 is 27.3 Å². The summed E-state index contributed by atoms with van der Waals surface area (Å²) in [6, 6.07) is 1.39. The van der Waals surface area contributed by atoms with E-state index in [4.69, 9.17) is 5.11 Å². The molecule has 1 heterocycles. The quantitative estimate of drug-likeness (QED) is 0.910. The van der Waals surface area contributed by atoms with Gasteiger partial charge in [-0.05, 0) is 22.0 Å². The number of carboxylic acid groups (broad SMARTS) is 1. The molecule has 13 heavy (non-hydrogen) atoms. The second-order valence-corrected chi connectivity index (χ2v) is 6.28. The zero-order chi connectivity index (χ0) is 10.1. The van der Waals surface area contributed by atoms with Gasteiger partial charge in [0.2, 0.25) is 0 Å². The third-order valence-corrected chi connectivity index (χ3v) is 5.05. The highest BCUT2D eigenvalue weighted by molar-refractivity contribution is 9.10. The smallest absolute Gasteiger partial charge is 0.319 e. The second-order valence-electron chi connectivity index (χ2n) is 2.24. The maximum absolute atomic E-state index is 11.3. The Kier molecular flexibility index (Phi) is 3.09. The molecule has 0 atom stereocenters. The van der Waals surface area contributed by atoms with Crippen LogP contribution in [0.25, 0.3) is 0 Å². The molecule has 0 amide bonds. The summed E-state index contributed by atoms with van der Waals surface area (Å²) in [5, 5.41) is 9.92. The minimum absolute atomic E-state index is 0.0711. The first-order valence-corrected chi connectivity index (χ1v) is 6.43. The van der Waals surface area contributed by atoms with Crippen LogP contribution in [0, 0.1) is 0 Å². The van der Waals surface area contributed by atoms with E-state index in [9.17, 15) is 13.2 Å². The zero-order valence-electron chi connectivity index (χ0n) is 6.23. The summed E-state index contributed by atoms with van der Waals surface area (Å²) in [5.74, 6) is -2.20. The molecular formula is C6H5BrO4S2. The fraction of sp³-hybridized carbons (Fsp3) is 0.167. The molecule has 0 aliphatic rings. The van der Waals surface area contributed by atoms with Crippen molar-refractivity contribution in [2.75, 3.05) is 5.75 Å². The summed E-state index contributed by atoms with van der Waals surface area (Å²) in [7, 11) is -3.65. The van der Waals surface area contributed by atoms with Crippen molar-refractivity contribution in [2.45, 2.75) is 4.21 Å². The van der Waals surface area contributed by atoms with Crippen molar-refractivity contribution >= 4 is 43.1 Å². The lowest BCUT2D eigenvalue weighted by Crippen LogP contribution is -2.14. The predicted molar refractivity (Wildman–Crippen MR) is 51.7 cm³/mol. The molecule has 0 radical (unpaired) electrons. The van der Waals surface area contributed by atoms with Gasteiger partial charge in [0.1, 0.15) is 4.21 Å². The van der Waals surface area contributed by atoms with E-state index < -0.39 is 21.6 Å². The van der Waals surface area contributed by atoms with Gasteiger partial charge >= 0.3 is 5.97 Å². The van der Waals surface area contributed by atoms with Crippen LogP contribution < -0.4 is 0 Å². The first kappa shape index (κ1) is 10.7. The summed E-state index contributed by atoms with van der Waals surface area (Å²) < 4.78 is 23.2. The van der Waals surface area contributed by atoms with Gasteiger partial charge in [0.15, 0.2) is 15.6 Å². The molecule has 0 saturated heterocycles. The van der Waals surface area contributed by atoms with Crippen molar-refractivity contribution in [1.29, 1.82) is 0 Å². The van der Waals surface area contributed by atoms with E-state index in [2.05, 4.69) is 15.9 Å². The van der Waals surface area contributed by atoms with Gasteiger partial charge in [0, 0.05) is 9.85 Å². The van der Waals surface area contributed by atoms with Crippen molar-refractivity contribution in [3.05, 3.63) is 15.9 Å². The summed E-state index contributed by atoms with van der Waals surface area (Å²) >= 11 is 4.09. The Morgan fingerprint density at radius 2 is 2.23 bits per heavy atom. The van der Waals surface area contributed by atoms with Crippen LogP contribution in [0.4, 0.5) is 0 Å². The molecule has 0 fully saturated rings. The Morgan fingerprint density at radius 3 is 2.62 bits per heavy atom. The Bertz CT molecular complexity index is 420. The molecule has 0 bridgehead atoms. The van der Waals surface area contributed by atoms with Crippen molar-refractivity contribution in [1.82, 2.24) is 0 Å². The third kappa shape index (κ3) is 2.78. The van der Waals surface area contributed by atoms with Crippen LogP contribution in [-0.4, -0.2) is 25.2 Å². The molecule has 0 aliphatic heterocycles. The largest absolute Gasteiger partial charge is 0.480 e. The second kappa shape index (κ2) is 3.77. The summed E-state index contributed by atoms with van der Waals surface area (Å²) in [6.07, 6.45) is 0. The number of hydrogen-bond donors (Lipinski definition) is 1. The molecule has 7 heteroatoms. The number of sulfone groups is 1. The number of halogens is 1. The number of thiophene rings is 1. The Balaban J connectivity index is 3.01. The van der Waals surface area contributed by atoms with Crippen molar-refractivity contribution in [3.63, 3.8) is 0 Å². The molecule has 4 nitrogen and oxygen atoms in total. The van der Waals surface area contributed by atoms with Crippen LogP contribution in [-0.2, 0) is 14.6 Å². The third-order valence-electron chi connectivity index (χ3n) is 1.16. The maximum atomic E-state index is 11.3. The van der Waals surface area contributed by atoms with E-state index in [-0.39, 0.29) is 4.21 Å². The van der Waals surface area contributed by atoms with Crippen molar-refractivity contribution < 1.29 is 18.3 Å². The Labute approximate surface area is 87.3 Å². The van der Waals surface area contributed by atoms with Gasteiger partial charge in [-0.15, -0.1) is 11.3 Å². The van der Waals surface area contributed by atoms with Crippen molar-refractivity contribution in [3.8, 4) is 0 Å². The zero-order valence-corrected chi connectivity index (χ0v) is 9.45. The summed E-state index contributed by atoms with van der Waals surface area (Å²) in [4.78, 5) is 10.2. The van der Waals surface area contributed by atoms with Crippen LogP contribution in [0.1, 0.15) is 0 Å². The molecular weight excluding hydrogens is 280 g/mol. The lowest BCUT2D eigenvalue weighted by atomic mass is 10.7. The molecule has 0 spiro atoms. The molecule has 0 unspecified atom stereocenters. The SMILES string of the molecule is O=C(O)CS(=O)(=O)c1cc(Br)cs1. The van der Waals surface area contributed by atoms with Gasteiger partial charge in [0.25, 0.3) is 0 Å². The topological polar surface area (TPSA) is 71.4 Å². The van der Waals surface area contributed by atoms with E-state index in [1.54, 1.807) is 5.38 Å². The minimum atomic E-state index is -3.65. The molecule has 1 rings (SSSR count). The van der Waals surface area contributed by atoms with E-state index in [0.29, 0.717) is 4.47 Å². The lowest BCUT2D eigenvalue weighted by Gasteiger charge is -1.95. The predicted octanol–water partition coefficient (Wildman–Crippen LogP) is 1.37. The van der Waals surface area contributed by atoms with E-state index in [1.807, 2.05) is 0 Å². The number of carboxylic acids is 1. The standard InChI is InChI=1S/C6H5BrO4S2/c7-4-1-6(12-2-4)13(10,11)3-5(8)9/h1-2H,3H2,(H,8,9). The number of hydrogen-bond acceptors (Lipinski definition) is 4. The Morgan fingerprint density at radius 1 is 1.62 bits per heavy atom.